The number of aromatic nitrogens is 1. The molecular formula is C12H9F2NO4. The third-order valence-corrected chi connectivity index (χ3v) is 2.24. The molecule has 19 heavy (non-hydrogen) atoms. The first-order valence-electron chi connectivity index (χ1n) is 5.35. The molecule has 100 valence electrons. The predicted molar refractivity (Wildman–Crippen MR) is 60.0 cm³/mol. The van der Waals surface area contributed by atoms with Crippen LogP contribution in [-0.2, 0) is 0 Å². The third-order valence-electron chi connectivity index (χ3n) is 2.24. The van der Waals surface area contributed by atoms with Crippen molar-refractivity contribution in [3.63, 3.8) is 0 Å². The highest BCUT2D eigenvalue weighted by Gasteiger charge is 2.22. The molecule has 2 aromatic rings. The summed E-state index contributed by atoms with van der Waals surface area (Å²) in [6, 6.07) is 2.99. The molecule has 0 aliphatic carbocycles. The van der Waals surface area contributed by atoms with E-state index in [1.54, 1.807) is 6.92 Å². The lowest BCUT2D eigenvalue weighted by Gasteiger charge is -1.98. The summed E-state index contributed by atoms with van der Waals surface area (Å²) in [5, 5.41) is 8.91. The Morgan fingerprint density at radius 1 is 1.42 bits per heavy atom. The summed E-state index contributed by atoms with van der Waals surface area (Å²) < 4.78 is 36.0. The van der Waals surface area contributed by atoms with Crippen LogP contribution in [0.5, 0.6) is 5.95 Å². The molecule has 5 nitrogen and oxygen atoms in total. The number of aromatic carboxylic acids is 1. The smallest absolute Gasteiger partial charge is 0.362 e. The zero-order chi connectivity index (χ0) is 14.0. The standard InChI is InChI=1S/C12H9F2NO4/c1-2-18-12-9(11(16)17)15-10(19-12)6-3-4-7(13)8(14)5-6/h3-5H,2H2,1H3,(H,16,17). The maximum atomic E-state index is 13.1. The quantitative estimate of drug-likeness (QED) is 0.923. The summed E-state index contributed by atoms with van der Waals surface area (Å²) in [6.07, 6.45) is 0. The van der Waals surface area contributed by atoms with Gasteiger partial charge in [0.2, 0.25) is 11.6 Å². The maximum absolute atomic E-state index is 13.1. The minimum atomic E-state index is -1.33. The molecule has 1 heterocycles. The van der Waals surface area contributed by atoms with Crippen molar-refractivity contribution in [2.24, 2.45) is 0 Å². The van der Waals surface area contributed by atoms with Gasteiger partial charge in [0.05, 0.1) is 6.61 Å². The number of rotatable bonds is 4. The average molecular weight is 269 g/mol. The highest BCUT2D eigenvalue weighted by atomic mass is 19.2. The van der Waals surface area contributed by atoms with E-state index < -0.39 is 23.3 Å². The fourth-order valence-corrected chi connectivity index (χ4v) is 1.42. The van der Waals surface area contributed by atoms with E-state index in [-0.39, 0.29) is 24.0 Å². The number of carbonyl (C=O) groups is 1. The Labute approximate surface area is 106 Å². The van der Waals surface area contributed by atoms with Gasteiger partial charge in [0.25, 0.3) is 0 Å². The molecule has 1 aromatic carbocycles. The molecule has 0 atom stereocenters. The first kappa shape index (κ1) is 13.0. The second-order valence-corrected chi connectivity index (χ2v) is 3.52. The topological polar surface area (TPSA) is 72.6 Å². The van der Waals surface area contributed by atoms with Gasteiger partial charge in [-0.15, -0.1) is 0 Å². The monoisotopic (exact) mass is 269 g/mol. The van der Waals surface area contributed by atoms with Crippen LogP contribution < -0.4 is 4.74 Å². The fraction of sp³-hybridized carbons (Fsp3) is 0.167. The van der Waals surface area contributed by atoms with E-state index in [0.717, 1.165) is 12.1 Å². The SMILES string of the molecule is CCOc1oc(-c2ccc(F)c(F)c2)nc1C(=O)O. The van der Waals surface area contributed by atoms with E-state index in [2.05, 4.69) is 4.98 Å². The number of hydrogen-bond acceptors (Lipinski definition) is 4. The van der Waals surface area contributed by atoms with Crippen LogP contribution in [0, 0.1) is 11.6 Å². The van der Waals surface area contributed by atoms with Gasteiger partial charge in [-0.3, -0.25) is 0 Å². The van der Waals surface area contributed by atoms with E-state index >= 15 is 0 Å². The van der Waals surface area contributed by atoms with Gasteiger partial charge >= 0.3 is 11.9 Å². The minimum Gasteiger partial charge on any atom is -0.476 e. The summed E-state index contributed by atoms with van der Waals surface area (Å²) in [5.41, 5.74) is -0.297. The second kappa shape index (κ2) is 5.05. The van der Waals surface area contributed by atoms with Gasteiger partial charge in [0.15, 0.2) is 11.6 Å². The molecule has 0 amide bonds. The summed E-state index contributed by atoms with van der Waals surface area (Å²) in [5.74, 6) is -3.85. The number of benzene rings is 1. The van der Waals surface area contributed by atoms with Crippen molar-refractivity contribution < 1.29 is 27.8 Å². The van der Waals surface area contributed by atoms with Gasteiger partial charge in [0, 0.05) is 5.56 Å². The van der Waals surface area contributed by atoms with Crippen molar-refractivity contribution in [2.45, 2.75) is 6.92 Å². The number of carboxylic acids is 1. The molecule has 0 saturated heterocycles. The number of nitrogens with zero attached hydrogens (tertiary/aromatic N) is 1. The molecule has 1 aromatic heterocycles. The highest BCUT2D eigenvalue weighted by molar-refractivity contribution is 5.88. The first-order valence-corrected chi connectivity index (χ1v) is 5.35. The molecule has 2 rings (SSSR count). The first-order chi connectivity index (χ1) is 9.02. The Morgan fingerprint density at radius 3 is 2.74 bits per heavy atom. The Balaban J connectivity index is 2.47. The summed E-state index contributed by atoms with van der Waals surface area (Å²) in [7, 11) is 0. The number of oxazole rings is 1. The number of carboxylic acid groups (broad SMARTS) is 1. The van der Waals surface area contributed by atoms with Crippen LogP contribution in [-0.4, -0.2) is 22.7 Å². The number of ether oxygens (including phenoxy) is 1. The van der Waals surface area contributed by atoms with E-state index in [1.165, 1.54) is 6.07 Å². The molecule has 0 fully saturated rings. The summed E-state index contributed by atoms with van der Waals surface area (Å²) >= 11 is 0. The lowest BCUT2D eigenvalue weighted by Crippen LogP contribution is -2.01. The second-order valence-electron chi connectivity index (χ2n) is 3.52. The largest absolute Gasteiger partial charge is 0.476 e. The third kappa shape index (κ3) is 2.54. The Morgan fingerprint density at radius 2 is 2.16 bits per heavy atom. The van der Waals surface area contributed by atoms with Crippen molar-refractivity contribution in [1.82, 2.24) is 4.98 Å². The maximum Gasteiger partial charge on any atom is 0.362 e. The lowest BCUT2D eigenvalue weighted by molar-refractivity contribution is 0.0683. The molecule has 0 aliphatic heterocycles. The van der Waals surface area contributed by atoms with Crippen molar-refractivity contribution in [3.05, 3.63) is 35.5 Å². The Hall–Kier alpha value is -2.44. The molecule has 0 aliphatic rings. The predicted octanol–water partition coefficient (Wildman–Crippen LogP) is 2.72. The molecule has 0 unspecified atom stereocenters. The molecule has 7 heteroatoms. The van der Waals surface area contributed by atoms with Crippen molar-refractivity contribution in [2.75, 3.05) is 6.61 Å². The van der Waals surface area contributed by atoms with Crippen molar-refractivity contribution >= 4 is 5.97 Å². The van der Waals surface area contributed by atoms with Gasteiger partial charge in [-0.1, -0.05) is 0 Å². The van der Waals surface area contributed by atoms with Crippen LogP contribution in [0.15, 0.2) is 22.6 Å². The van der Waals surface area contributed by atoms with E-state index in [9.17, 15) is 13.6 Å². The summed E-state index contributed by atoms with van der Waals surface area (Å²) in [4.78, 5) is 14.6. The van der Waals surface area contributed by atoms with E-state index in [0.29, 0.717) is 0 Å². The number of hydrogen-bond donors (Lipinski definition) is 1. The zero-order valence-electron chi connectivity index (χ0n) is 9.81. The molecular weight excluding hydrogens is 260 g/mol. The van der Waals surface area contributed by atoms with Gasteiger partial charge in [0.1, 0.15) is 0 Å². The van der Waals surface area contributed by atoms with Gasteiger partial charge in [-0.05, 0) is 25.1 Å². The Kier molecular flexibility index (Phi) is 3.46. The van der Waals surface area contributed by atoms with E-state index in [4.69, 9.17) is 14.3 Å². The fourth-order valence-electron chi connectivity index (χ4n) is 1.42. The minimum absolute atomic E-state index is 0.118. The summed E-state index contributed by atoms with van der Waals surface area (Å²) in [6.45, 7) is 1.83. The van der Waals surface area contributed by atoms with Crippen molar-refractivity contribution in [1.29, 1.82) is 0 Å². The van der Waals surface area contributed by atoms with Crippen LogP contribution in [0.3, 0.4) is 0 Å². The zero-order valence-corrected chi connectivity index (χ0v) is 9.81. The van der Waals surface area contributed by atoms with Crippen LogP contribution in [0.25, 0.3) is 11.5 Å². The van der Waals surface area contributed by atoms with Crippen LogP contribution in [0.2, 0.25) is 0 Å². The van der Waals surface area contributed by atoms with E-state index in [1.807, 2.05) is 0 Å². The van der Waals surface area contributed by atoms with Crippen molar-refractivity contribution in [3.8, 4) is 17.4 Å². The van der Waals surface area contributed by atoms with Gasteiger partial charge < -0.3 is 14.3 Å². The molecule has 0 spiro atoms. The van der Waals surface area contributed by atoms with Crippen LogP contribution >= 0.6 is 0 Å². The average Bonchev–Trinajstić information content (AvgIpc) is 2.77. The Bertz CT molecular complexity index is 624. The van der Waals surface area contributed by atoms with Gasteiger partial charge in [-0.2, -0.15) is 4.98 Å². The molecule has 0 radical (unpaired) electrons. The van der Waals surface area contributed by atoms with Crippen LogP contribution in [0.1, 0.15) is 17.4 Å². The van der Waals surface area contributed by atoms with Gasteiger partial charge in [-0.25, -0.2) is 13.6 Å². The van der Waals surface area contributed by atoms with Crippen LogP contribution in [0.4, 0.5) is 8.78 Å². The molecule has 1 N–H and O–H groups in total. The molecule has 0 bridgehead atoms. The lowest BCUT2D eigenvalue weighted by atomic mass is 10.2. The highest BCUT2D eigenvalue weighted by Crippen LogP contribution is 2.28. The normalized spacial score (nSPS) is 10.5. The molecule has 0 saturated carbocycles. The number of halogens is 2.